The average molecular weight is 215 g/mol. The van der Waals surface area contributed by atoms with Gasteiger partial charge in [0.15, 0.2) is 0 Å². The Balaban J connectivity index is 2.27. The van der Waals surface area contributed by atoms with Crippen molar-refractivity contribution in [3.63, 3.8) is 0 Å². The van der Waals surface area contributed by atoms with Crippen molar-refractivity contribution >= 4 is 6.08 Å². The van der Waals surface area contributed by atoms with Gasteiger partial charge in [-0.2, -0.15) is 0 Å². The van der Waals surface area contributed by atoms with Gasteiger partial charge in [0.1, 0.15) is 0 Å². The molecule has 0 atom stereocenters. The molecule has 0 bridgehead atoms. The second kappa shape index (κ2) is 4.73. The van der Waals surface area contributed by atoms with Crippen molar-refractivity contribution in [3.05, 3.63) is 40.6 Å². The molecule has 0 spiro atoms. The highest BCUT2D eigenvalue weighted by Gasteiger charge is 2.09. The fraction of sp³-hybridized carbons (Fsp3) is 0.467. The molecule has 86 valence electrons. The van der Waals surface area contributed by atoms with Crippen molar-refractivity contribution in [2.75, 3.05) is 13.1 Å². The first kappa shape index (κ1) is 11.3. The number of nitrogens with zero attached hydrogens (tertiary/aromatic N) is 1. The molecule has 2 rings (SSSR count). The smallest absolute Gasteiger partial charge is 0.0213 e. The lowest BCUT2D eigenvalue weighted by Gasteiger charge is -2.17. The molecular formula is C15H21N. The molecule has 1 aromatic carbocycles. The van der Waals surface area contributed by atoms with E-state index >= 15 is 0 Å². The van der Waals surface area contributed by atoms with Crippen LogP contribution in [0.25, 0.3) is 6.08 Å². The molecule has 0 amide bonds. The molecule has 1 nitrogen and oxygen atoms in total. The summed E-state index contributed by atoms with van der Waals surface area (Å²) in [4.78, 5) is 2.42. The van der Waals surface area contributed by atoms with Gasteiger partial charge in [-0.3, -0.25) is 0 Å². The average Bonchev–Trinajstić information content (AvgIpc) is 2.44. The number of benzene rings is 1. The molecule has 0 radical (unpaired) electrons. The van der Waals surface area contributed by atoms with Crippen LogP contribution >= 0.6 is 0 Å². The molecule has 0 aliphatic carbocycles. The molecule has 1 aromatic rings. The van der Waals surface area contributed by atoms with Crippen LogP contribution in [0.1, 0.15) is 35.6 Å². The van der Waals surface area contributed by atoms with Crippen LogP contribution in [0.2, 0.25) is 0 Å². The van der Waals surface area contributed by atoms with Crippen LogP contribution in [0.4, 0.5) is 0 Å². The van der Waals surface area contributed by atoms with Crippen LogP contribution in [-0.2, 0) is 6.42 Å². The van der Waals surface area contributed by atoms with E-state index in [-0.39, 0.29) is 0 Å². The van der Waals surface area contributed by atoms with Crippen molar-refractivity contribution in [2.45, 2.75) is 33.6 Å². The minimum atomic E-state index is 1.15. The third kappa shape index (κ3) is 2.29. The van der Waals surface area contributed by atoms with Gasteiger partial charge in [-0.05, 0) is 61.2 Å². The Morgan fingerprint density at radius 2 is 1.94 bits per heavy atom. The van der Waals surface area contributed by atoms with E-state index in [0.29, 0.717) is 0 Å². The number of rotatable bonds is 2. The monoisotopic (exact) mass is 215 g/mol. The van der Waals surface area contributed by atoms with Gasteiger partial charge in [-0.1, -0.05) is 19.1 Å². The molecule has 16 heavy (non-hydrogen) atoms. The van der Waals surface area contributed by atoms with Gasteiger partial charge in [-0.15, -0.1) is 0 Å². The second-order valence-corrected chi connectivity index (χ2v) is 4.74. The Labute approximate surface area is 98.8 Å². The Bertz CT molecular complexity index is 404. The van der Waals surface area contributed by atoms with Gasteiger partial charge in [0.05, 0.1) is 0 Å². The number of aryl methyl sites for hydroxylation is 2. The highest BCUT2D eigenvalue weighted by atomic mass is 15.1. The summed E-state index contributed by atoms with van der Waals surface area (Å²) >= 11 is 0. The first-order valence-electron chi connectivity index (χ1n) is 6.23. The van der Waals surface area contributed by atoms with Crippen LogP contribution < -0.4 is 0 Å². The predicted molar refractivity (Wildman–Crippen MR) is 70.5 cm³/mol. The van der Waals surface area contributed by atoms with Gasteiger partial charge >= 0.3 is 0 Å². The molecule has 0 saturated carbocycles. The molecule has 1 heterocycles. The maximum absolute atomic E-state index is 2.42. The summed E-state index contributed by atoms with van der Waals surface area (Å²) in [5.74, 6) is 0. The van der Waals surface area contributed by atoms with Crippen LogP contribution in [0, 0.1) is 13.8 Å². The van der Waals surface area contributed by atoms with Crippen molar-refractivity contribution < 1.29 is 0 Å². The molecule has 1 heteroatoms. The highest BCUT2D eigenvalue weighted by Crippen LogP contribution is 2.21. The Kier molecular flexibility index (Phi) is 3.33. The van der Waals surface area contributed by atoms with Gasteiger partial charge in [-0.25, -0.2) is 0 Å². The van der Waals surface area contributed by atoms with E-state index in [1.54, 1.807) is 0 Å². The topological polar surface area (TPSA) is 3.24 Å². The first-order chi connectivity index (χ1) is 7.70. The largest absolute Gasteiger partial charge is 0.377 e. The summed E-state index contributed by atoms with van der Waals surface area (Å²) in [6.07, 6.45) is 6.91. The normalized spacial score (nSPS) is 14.8. The standard InChI is InChI=1S/C15H21N/c1-4-7-16-8-5-14-10-12(2)13(3)11-15(14)6-9-16/h5,8,10-11H,4,6-7,9H2,1-3H3. The lowest BCUT2D eigenvalue weighted by Crippen LogP contribution is -2.19. The third-order valence-corrected chi connectivity index (χ3v) is 3.40. The lowest BCUT2D eigenvalue weighted by molar-refractivity contribution is 0.384. The summed E-state index contributed by atoms with van der Waals surface area (Å²) in [5.41, 5.74) is 5.71. The highest BCUT2D eigenvalue weighted by molar-refractivity contribution is 5.57. The summed E-state index contributed by atoms with van der Waals surface area (Å²) in [5, 5.41) is 0. The second-order valence-electron chi connectivity index (χ2n) is 4.74. The zero-order chi connectivity index (χ0) is 11.5. The molecule has 0 N–H and O–H groups in total. The zero-order valence-electron chi connectivity index (χ0n) is 10.6. The minimum Gasteiger partial charge on any atom is -0.377 e. The summed E-state index contributed by atoms with van der Waals surface area (Å²) in [6.45, 7) is 8.95. The van der Waals surface area contributed by atoms with Crippen LogP contribution in [0.5, 0.6) is 0 Å². The number of hydrogen-bond acceptors (Lipinski definition) is 1. The van der Waals surface area contributed by atoms with Gasteiger partial charge in [0.25, 0.3) is 0 Å². The van der Waals surface area contributed by atoms with Gasteiger partial charge in [0.2, 0.25) is 0 Å². The molecule has 0 unspecified atom stereocenters. The molecule has 1 aliphatic rings. The quantitative estimate of drug-likeness (QED) is 0.729. The predicted octanol–water partition coefficient (Wildman–Crippen LogP) is 3.54. The van der Waals surface area contributed by atoms with E-state index in [0.717, 1.165) is 6.54 Å². The van der Waals surface area contributed by atoms with E-state index in [2.05, 4.69) is 50.1 Å². The number of hydrogen-bond donors (Lipinski definition) is 0. The van der Waals surface area contributed by atoms with Crippen LogP contribution in [0.3, 0.4) is 0 Å². The van der Waals surface area contributed by atoms with Crippen LogP contribution in [0.15, 0.2) is 18.3 Å². The van der Waals surface area contributed by atoms with E-state index in [4.69, 9.17) is 0 Å². The summed E-state index contributed by atoms with van der Waals surface area (Å²) in [6, 6.07) is 4.67. The Hall–Kier alpha value is -1.24. The third-order valence-electron chi connectivity index (χ3n) is 3.40. The first-order valence-corrected chi connectivity index (χ1v) is 6.23. The van der Waals surface area contributed by atoms with Gasteiger partial charge < -0.3 is 4.90 Å². The summed E-state index contributed by atoms with van der Waals surface area (Å²) < 4.78 is 0. The Morgan fingerprint density at radius 1 is 1.19 bits per heavy atom. The van der Waals surface area contributed by atoms with Crippen LogP contribution in [-0.4, -0.2) is 18.0 Å². The molecule has 1 aliphatic heterocycles. The SMILES string of the molecule is CCCN1C=Cc2cc(C)c(C)cc2CC1. The van der Waals surface area contributed by atoms with E-state index in [1.165, 1.54) is 41.6 Å². The van der Waals surface area contributed by atoms with E-state index in [1.807, 2.05) is 0 Å². The fourth-order valence-electron chi connectivity index (χ4n) is 2.27. The van der Waals surface area contributed by atoms with Crippen molar-refractivity contribution in [2.24, 2.45) is 0 Å². The van der Waals surface area contributed by atoms with Crippen molar-refractivity contribution in [3.8, 4) is 0 Å². The molecule has 0 saturated heterocycles. The maximum Gasteiger partial charge on any atom is 0.0213 e. The van der Waals surface area contributed by atoms with Gasteiger partial charge in [0, 0.05) is 13.1 Å². The molecule has 0 aromatic heterocycles. The lowest BCUT2D eigenvalue weighted by atomic mass is 9.98. The summed E-state index contributed by atoms with van der Waals surface area (Å²) in [7, 11) is 0. The molecular weight excluding hydrogens is 194 g/mol. The zero-order valence-corrected chi connectivity index (χ0v) is 10.6. The minimum absolute atomic E-state index is 1.15. The Morgan fingerprint density at radius 3 is 2.69 bits per heavy atom. The maximum atomic E-state index is 2.42. The van der Waals surface area contributed by atoms with E-state index < -0.39 is 0 Å². The van der Waals surface area contributed by atoms with E-state index in [9.17, 15) is 0 Å². The van der Waals surface area contributed by atoms with Crippen molar-refractivity contribution in [1.29, 1.82) is 0 Å². The number of fused-ring (bicyclic) bond motifs is 1. The fourth-order valence-corrected chi connectivity index (χ4v) is 2.27. The van der Waals surface area contributed by atoms with Crippen molar-refractivity contribution in [1.82, 2.24) is 4.90 Å². The molecule has 0 fully saturated rings.